The van der Waals surface area contributed by atoms with E-state index in [1.807, 2.05) is 30.3 Å². The van der Waals surface area contributed by atoms with Gasteiger partial charge in [-0.1, -0.05) is 18.2 Å². The summed E-state index contributed by atoms with van der Waals surface area (Å²) in [6.45, 7) is 0.906. The predicted molar refractivity (Wildman–Crippen MR) is 120 cm³/mol. The Kier molecular flexibility index (Phi) is 3.47. The molecule has 2 bridgehead atoms. The first-order valence-electron chi connectivity index (χ1n) is 11.3. The maximum atomic E-state index is 12.6. The van der Waals surface area contributed by atoms with Crippen LogP contribution in [0.5, 0.6) is 17.2 Å². The minimum Gasteiger partial charge on any atom is -0.496 e. The van der Waals surface area contributed by atoms with E-state index in [0.29, 0.717) is 6.42 Å². The highest BCUT2D eigenvalue weighted by Crippen LogP contribution is 2.69. The van der Waals surface area contributed by atoms with Crippen LogP contribution in [0.15, 0.2) is 36.4 Å². The Morgan fingerprint density at radius 2 is 2.00 bits per heavy atom. The van der Waals surface area contributed by atoms with Gasteiger partial charge in [0.05, 0.1) is 36.4 Å². The van der Waals surface area contributed by atoms with Crippen LogP contribution in [0, 0.1) is 0 Å². The second-order valence-corrected chi connectivity index (χ2v) is 9.68. The topological polar surface area (TPSA) is 64.0 Å². The van der Waals surface area contributed by atoms with Gasteiger partial charge in [-0.05, 0) is 50.2 Å². The first kappa shape index (κ1) is 18.7. The van der Waals surface area contributed by atoms with E-state index in [2.05, 4.69) is 18.0 Å². The zero-order valence-corrected chi connectivity index (χ0v) is 18.5. The number of piperidine rings is 1. The Bertz CT molecular complexity index is 1310. The summed E-state index contributed by atoms with van der Waals surface area (Å²) in [7, 11) is 5.51. The zero-order chi connectivity index (χ0) is 21.8. The van der Waals surface area contributed by atoms with Gasteiger partial charge in [0.2, 0.25) is 0 Å². The highest BCUT2D eigenvalue weighted by molar-refractivity contribution is 5.87. The van der Waals surface area contributed by atoms with Crippen molar-refractivity contribution in [3.8, 4) is 17.2 Å². The highest BCUT2D eigenvalue weighted by Gasteiger charge is 2.72. The number of ether oxygens (including phenoxy) is 3. The monoisotopic (exact) mass is 430 g/mol. The lowest BCUT2D eigenvalue weighted by Crippen LogP contribution is -2.74. The molecule has 2 aliphatic heterocycles. The van der Waals surface area contributed by atoms with Crippen molar-refractivity contribution < 1.29 is 19.3 Å². The number of methoxy groups -OCH3 is 2. The van der Waals surface area contributed by atoms with Crippen LogP contribution in [-0.2, 0) is 18.3 Å². The maximum Gasteiger partial charge on any atom is 0.166 e. The first-order chi connectivity index (χ1) is 15.5. The smallest absolute Gasteiger partial charge is 0.166 e. The second kappa shape index (κ2) is 5.94. The van der Waals surface area contributed by atoms with Crippen molar-refractivity contribution in [3.63, 3.8) is 0 Å². The number of nitrogens with zero attached hydrogens (tertiary/aromatic N) is 2. The van der Waals surface area contributed by atoms with Gasteiger partial charge in [0.25, 0.3) is 0 Å². The van der Waals surface area contributed by atoms with Crippen LogP contribution in [-0.4, -0.2) is 54.4 Å². The number of aliphatic hydroxyl groups is 1. The lowest BCUT2D eigenvalue weighted by atomic mass is 9.49. The number of hydrogen-bond acceptors (Lipinski definition) is 6. The Balaban J connectivity index is 1.60. The molecule has 6 nitrogen and oxygen atoms in total. The number of rotatable bonds is 2. The van der Waals surface area contributed by atoms with Crippen LogP contribution < -0.4 is 14.2 Å². The van der Waals surface area contributed by atoms with Gasteiger partial charge in [-0.3, -0.25) is 0 Å². The lowest BCUT2D eigenvalue weighted by molar-refractivity contribution is -0.168. The van der Waals surface area contributed by atoms with Crippen LogP contribution in [0.3, 0.4) is 0 Å². The van der Waals surface area contributed by atoms with Crippen molar-refractivity contribution in [1.82, 2.24) is 9.88 Å². The summed E-state index contributed by atoms with van der Waals surface area (Å²) in [5.74, 6) is 2.30. The van der Waals surface area contributed by atoms with Gasteiger partial charge in [0, 0.05) is 29.0 Å². The Morgan fingerprint density at radius 1 is 1.16 bits per heavy atom. The molecule has 3 heterocycles. The molecule has 1 spiro atoms. The van der Waals surface area contributed by atoms with Gasteiger partial charge >= 0.3 is 0 Å². The molecule has 7 rings (SSSR count). The van der Waals surface area contributed by atoms with E-state index in [1.54, 1.807) is 14.2 Å². The summed E-state index contributed by atoms with van der Waals surface area (Å²) in [6, 6.07) is 12.2. The summed E-state index contributed by atoms with van der Waals surface area (Å²) in [6.07, 6.45) is 1.71. The van der Waals surface area contributed by atoms with Crippen molar-refractivity contribution in [2.24, 2.45) is 0 Å². The van der Waals surface area contributed by atoms with Gasteiger partial charge in [-0.25, -0.2) is 4.98 Å². The molecule has 4 aliphatic rings. The van der Waals surface area contributed by atoms with E-state index in [1.165, 1.54) is 5.56 Å². The second-order valence-electron chi connectivity index (χ2n) is 9.68. The van der Waals surface area contributed by atoms with Gasteiger partial charge < -0.3 is 24.2 Å². The van der Waals surface area contributed by atoms with Gasteiger partial charge in [-0.2, -0.15) is 0 Å². The quantitative estimate of drug-likeness (QED) is 0.674. The standard InChI is InChI=1S/C26H26N2O4/c1-28-11-10-25-20-14-8-9-18(30-2)23(20)32-24(25)21-16(13-26(25,29)19(28)12-14)22(31-3)15-6-4-5-7-17(15)27-21/h4-9,19,24,29H,10-13H2,1-3H3/t19?,24?,25-,26?/m0/s1. The van der Waals surface area contributed by atoms with E-state index >= 15 is 0 Å². The molecule has 164 valence electrons. The SMILES string of the molecule is COc1ccc2c3c1OC1c4nc5ccccc5c(OC)c4CC4(O)C(C2)N(C)CC[C@]314. The van der Waals surface area contributed by atoms with E-state index < -0.39 is 11.0 Å². The third kappa shape index (κ3) is 1.89. The first-order valence-corrected chi connectivity index (χ1v) is 11.3. The number of benzene rings is 2. The molecule has 3 aromatic rings. The summed E-state index contributed by atoms with van der Waals surface area (Å²) in [4.78, 5) is 7.43. The Morgan fingerprint density at radius 3 is 2.81 bits per heavy atom. The van der Waals surface area contributed by atoms with E-state index in [9.17, 15) is 5.11 Å². The fraction of sp³-hybridized carbons (Fsp3) is 0.423. The molecule has 2 aliphatic carbocycles. The molecule has 3 unspecified atom stereocenters. The molecule has 4 atom stereocenters. The van der Waals surface area contributed by atoms with Gasteiger partial charge in [0.1, 0.15) is 5.75 Å². The number of likely N-dealkylation sites (N-methyl/N-ethyl adjacent to an activating group) is 1. The van der Waals surface area contributed by atoms with Gasteiger partial charge in [-0.15, -0.1) is 0 Å². The summed E-state index contributed by atoms with van der Waals surface area (Å²) in [5.41, 5.74) is 3.59. The average molecular weight is 431 g/mol. The summed E-state index contributed by atoms with van der Waals surface area (Å²) < 4.78 is 18.4. The number of aromatic nitrogens is 1. The van der Waals surface area contributed by atoms with Crippen molar-refractivity contribution in [2.75, 3.05) is 27.8 Å². The molecule has 32 heavy (non-hydrogen) atoms. The molecule has 1 fully saturated rings. The van der Waals surface area contributed by atoms with Crippen molar-refractivity contribution in [1.29, 1.82) is 0 Å². The Hall–Kier alpha value is -2.83. The molecule has 1 aromatic heterocycles. The van der Waals surface area contributed by atoms with Crippen LogP contribution in [0.4, 0.5) is 0 Å². The number of fused-ring (bicyclic) bond motifs is 3. The number of hydrogen-bond donors (Lipinski definition) is 1. The number of pyridine rings is 1. The number of likely N-dealkylation sites (tertiary alicyclic amines) is 1. The molecule has 1 N–H and O–H groups in total. The zero-order valence-electron chi connectivity index (χ0n) is 18.5. The van der Waals surface area contributed by atoms with E-state index in [0.717, 1.165) is 64.4 Å². The van der Waals surface area contributed by atoms with Crippen molar-refractivity contribution in [2.45, 2.75) is 42.4 Å². The summed E-state index contributed by atoms with van der Waals surface area (Å²) >= 11 is 0. The van der Waals surface area contributed by atoms with Crippen molar-refractivity contribution >= 4 is 10.9 Å². The fourth-order valence-electron chi connectivity index (χ4n) is 7.20. The van der Waals surface area contributed by atoms with Crippen LogP contribution in [0.25, 0.3) is 10.9 Å². The average Bonchev–Trinajstić information content (AvgIpc) is 3.15. The molecule has 1 saturated heterocycles. The number of para-hydroxylation sites is 1. The minimum absolute atomic E-state index is 0.00137. The molecule has 0 saturated carbocycles. The van der Waals surface area contributed by atoms with Crippen molar-refractivity contribution in [3.05, 3.63) is 58.8 Å². The predicted octanol–water partition coefficient (Wildman–Crippen LogP) is 3.17. The highest BCUT2D eigenvalue weighted by atomic mass is 16.5. The minimum atomic E-state index is -0.986. The normalized spacial score (nSPS) is 31.6. The molecule has 0 radical (unpaired) electrons. The third-order valence-electron chi connectivity index (χ3n) is 8.56. The largest absolute Gasteiger partial charge is 0.496 e. The molecule has 6 heteroatoms. The van der Waals surface area contributed by atoms with Crippen LogP contribution in [0.1, 0.15) is 34.9 Å². The summed E-state index contributed by atoms with van der Waals surface area (Å²) in [5, 5.41) is 13.6. The molecule has 2 aromatic carbocycles. The Labute approximate surface area is 186 Å². The molecular formula is C26H26N2O4. The van der Waals surface area contributed by atoms with E-state index in [-0.39, 0.29) is 12.1 Å². The van der Waals surface area contributed by atoms with Gasteiger partial charge in [0.15, 0.2) is 17.6 Å². The van der Waals surface area contributed by atoms with Crippen LogP contribution >= 0.6 is 0 Å². The van der Waals surface area contributed by atoms with Crippen LogP contribution in [0.2, 0.25) is 0 Å². The molecule has 0 amide bonds. The lowest BCUT2D eigenvalue weighted by Gasteiger charge is -2.62. The maximum absolute atomic E-state index is 12.6. The van der Waals surface area contributed by atoms with E-state index in [4.69, 9.17) is 19.2 Å². The third-order valence-corrected chi connectivity index (χ3v) is 8.56. The fourth-order valence-corrected chi connectivity index (χ4v) is 7.20. The molecular weight excluding hydrogens is 404 g/mol.